The van der Waals surface area contributed by atoms with E-state index in [1.165, 1.54) is 0 Å². The highest BCUT2D eigenvalue weighted by Crippen LogP contribution is 2.22. The summed E-state index contributed by atoms with van der Waals surface area (Å²) in [7, 11) is 0.749. The van der Waals surface area contributed by atoms with Crippen molar-refractivity contribution in [3.8, 4) is 0 Å². The van der Waals surface area contributed by atoms with Crippen LogP contribution in [-0.4, -0.2) is 30.1 Å². The van der Waals surface area contributed by atoms with E-state index < -0.39 is 0 Å². The van der Waals surface area contributed by atoms with Crippen LogP contribution in [0.25, 0.3) is 0 Å². The van der Waals surface area contributed by atoms with Gasteiger partial charge in [0.2, 0.25) is 0 Å². The Morgan fingerprint density at radius 1 is 0.769 bits per heavy atom. The maximum absolute atomic E-state index is 2.39. The van der Waals surface area contributed by atoms with Crippen molar-refractivity contribution in [2.45, 2.75) is 52.6 Å². The second-order valence-corrected chi connectivity index (χ2v) is 6.64. The van der Waals surface area contributed by atoms with Crippen LogP contribution in [0.5, 0.6) is 0 Å². The first-order valence-corrected chi connectivity index (χ1v) is 5.64. The molecule has 0 N–H and O–H groups in total. The Kier molecular flexibility index (Phi) is 2.49. The Labute approximate surface area is 84.6 Å². The second kappa shape index (κ2) is 3.05. The normalized spacial score (nSPS) is 18.6. The fourth-order valence-corrected chi connectivity index (χ4v) is 2.16. The Morgan fingerprint density at radius 2 is 1.08 bits per heavy atom. The van der Waals surface area contributed by atoms with Crippen LogP contribution in [-0.2, 0) is 0 Å². The van der Waals surface area contributed by atoms with Gasteiger partial charge >= 0.3 is 9.84 Å². The van der Waals surface area contributed by atoms with Gasteiger partial charge in [0.05, 0.1) is 0 Å². The van der Waals surface area contributed by atoms with Gasteiger partial charge in [-0.15, -0.1) is 0 Å². The molecule has 0 atom stereocenters. The van der Waals surface area contributed by atoms with Crippen molar-refractivity contribution < 1.29 is 0 Å². The number of hydrogen-bond donors (Lipinski definition) is 0. The smallest absolute Gasteiger partial charge is 0.332 e. The van der Waals surface area contributed by atoms with Crippen LogP contribution in [0.1, 0.15) is 41.5 Å². The summed E-state index contributed by atoms with van der Waals surface area (Å²) >= 11 is 0. The maximum atomic E-state index is 2.39. The van der Waals surface area contributed by atoms with Gasteiger partial charge in [0, 0.05) is 23.5 Å². The molecule has 13 heavy (non-hydrogen) atoms. The average Bonchev–Trinajstić information content (AvgIpc) is 2.28. The first-order valence-electron chi connectivity index (χ1n) is 4.74. The summed E-state index contributed by atoms with van der Waals surface area (Å²) in [5.41, 5.74) is 0.490. The topological polar surface area (TPSA) is 6.48 Å². The standard InChI is InChI=1S/C10H20N2Si/c1-9(2,3)11-7-8-12(13-11)10(4,5)6/h7-8H,1-6H3. The van der Waals surface area contributed by atoms with Crippen molar-refractivity contribution >= 4 is 9.84 Å². The lowest BCUT2D eigenvalue weighted by molar-refractivity contribution is 0.295. The molecular formula is C10H20N2Si. The lowest BCUT2D eigenvalue weighted by atomic mass is 10.1. The van der Waals surface area contributed by atoms with Crippen LogP contribution in [0.15, 0.2) is 12.4 Å². The lowest BCUT2D eigenvalue weighted by Crippen LogP contribution is -2.47. The van der Waals surface area contributed by atoms with Crippen molar-refractivity contribution in [2.24, 2.45) is 0 Å². The highest BCUT2D eigenvalue weighted by Gasteiger charge is 2.30. The third-order valence-electron chi connectivity index (χ3n) is 2.03. The zero-order valence-electron chi connectivity index (χ0n) is 9.55. The molecule has 1 aliphatic heterocycles. The fourth-order valence-electron chi connectivity index (χ4n) is 1.06. The van der Waals surface area contributed by atoms with E-state index in [1.54, 1.807) is 0 Å². The van der Waals surface area contributed by atoms with Crippen LogP contribution >= 0.6 is 0 Å². The molecule has 0 saturated heterocycles. The summed E-state index contributed by atoms with van der Waals surface area (Å²) in [6.45, 7) is 13.5. The Morgan fingerprint density at radius 3 is 1.23 bits per heavy atom. The molecule has 0 aromatic carbocycles. The average molecular weight is 196 g/mol. The van der Waals surface area contributed by atoms with Gasteiger partial charge in [0.25, 0.3) is 0 Å². The molecule has 0 spiro atoms. The summed E-state index contributed by atoms with van der Waals surface area (Å²) in [6.07, 6.45) is 4.40. The summed E-state index contributed by atoms with van der Waals surface area (Å²) < 4.78 is 4.77. The van der Waals surface area contributed by atoms with Crippen molar-refractivity contribution in [1.82, 2.24) is 9.13 Å². The third-order valence-corrected chi connectivity index (χ3v) is 4.10. The zero-order valence-corrected chi connectivity index (χ0v) is 10.5. The molecule has 1 heterocycles. The largest absolute Gasteiger partial charge is 0.380 e. The number of rotatable bonds is 0. The van der Waals surface area contributed by atoms with Gasteiger partial charge in [-0.2, -0.15) is 0 Å². The molecule has 3 heteroatoms. The maximum Gasteiger partial charge on any atom is 0.332 e. The van der Waals surface area contributed by atoms with Gasteiger partial charge in [-0.3, -0.25) is 0 Å². The lowest BCUT2D eigenvalue weighted by Gasteiger charge is -2.36. The zero-order chi connectivity index (χ0) is 10.3. The molecule has 2 nitrogen and oxygen atoms in total. The minimum absolute atomic E-state index is 0.245. The Hall–Kier alpha value is -0.443. The summed E-state index contributed by atoms with van der Waals surface area (Å²) in [6, 6.07) is 0. The van der Waals surface area contributed by atoms with E-state index in [9.17, 15) is 0 Å². The molecule has 0 aromatic rings. The van der Waals surface area contributed by atoms with E-state index in [0.717, 1.165) is 9.84 Å². The molecule has 0 unspecified atom stereocenters. The molecule has 0 bridgehead atoms. The van der Waals surface area contributed by atoms with Gasteiger partial charge < -0.3 is 9.13 Å². The number of nitrogens with zero attached hydrogens (tertiary/aromatic N) is 2. The highest BCUT2D eigenvalue weighted by atomic mass is 28.2. The van der Waals surface area contributed by atoms with E-state index in [0.29, 0.717) is 0 Å². The first-order chi connectivity index (χ1) is 5.71. The third kappa shape index (κ3) is 2.50. The Balaban J connectivity index is 2.63. The second-order valence-electron chi connectivity index (χ2n) is 5.48. The van der Waals surface area contributed by atoms with Crippen LogP contribution in [0.4, 0.5) is 0 Å². The molecule has 1 rings (SSSR count). The van der Waals surface area contributed by atoms with Crippen molar-refractivity contribution in [1.29, 1.82) is 0 Å². The molecular weight excluding hydrogens is 176 g/mol. The molecule has 0 fully saturated rings. The van der Waals surface area contributed by atoms with Gasteiger partial charge in [-0.25, -0.2) is 0 Å². The molecule has 0 saturated carbocycles. The molecule has 74 valence electrons. The minimum atomic E-state index is 0.245. The monoisotopic (exact) mass is 196 g/mol. The van der Waals surface area contributed by atoms with Crippen LogP contribution < -0.4 is 0 Å². The van der Waals surface area contributed by atoms with Crippen LogP contribution in [0.2, 0.25) is 0 Å². The van der Waals surface area contributed by atoms with Gasteiger partial charge in [-0.1, -0.05) is 0 Å². The Bertz CT molecular complexity index is 188. The predicted molar refractivity (Wildman–Crippen MR) is 58.1 cm³/mol. The van der Waals surface area contributed by atoms with Gasteiger partial charge in [0.1, 0.15) is 0 Å². The predicted octanol–water partition coefficient (Wildman–Crippen LogP) is 2.21. The van der Waals surface area contributed by atoms with Gasteiger partial charge in [-0.05, 0) is 41.5 Å². The quantitative estimate of drug-likeness (QED) is 0.548. The van der Waals surface area contributed by atoms with Crippen molar-refractivity contribution in [3.63, 3.8) is 0 Å². The first kappa shape index (κ1) is 10.6. The molecule has 1 aliphatic rings. The number of hydrogen-bond acceptors (Lipinski definition) is 2. The van der Waals surface area contributed by atoms with E-state index in [4.69, 9.17) is 0 Å². The summed E-state index contributed by atoms with van der Waals surface area (Å²) in [5, 5.41) is 0. The minimum Gasteiger partial charge on any atom is -0.380 e. The van der Waals surface area contributed by atoms with Crippen molar-refractivity contribution in [3.05, 3.63) is 12.4 Å². The van der Waals surface area contributed by atoms with E-state index in [-0.39, 0.29) is 11.1 Å². The van der Waals surface area contributed by atoms with Crippen molar-refractivity contribution in [2.75, 3.05) is 0 Å². The van der Waals surface area contributed by atoms with Gasteiger partial charge in [0.15, 0.2) is 0 Å². The van der Waals surface area contributed by atoms with E-state index in [2.05, 4.69) is 63.1 Å². The van der Waals surface area contributed by atoms with E-state index >= 15 is 0 Å². The summed E-state index contributed by atoms with van der Waals surface area (Å²) in [4.78, 5) is 0. The SMILES string of the molecule is CC(C)(C)N1C=CN(C(C)(C)C)[Si]1. The molecule has 0 amide bonds. The molecule has 0 aliphatic carbocycles. The molecule has 0 aromatic heterocycles. The highest BCUT2D eigenvalue weighted by molar-refractivity contribution is 6.31. The molecule has 2 radical (unpaired) electrons. The van der Waals surface area contributed by atoms with Crippen LogP contribution in [0.3, 0.4) is 0 Å². The fraction of sp³-hybridized carbons (Fsp3) is 0.800. The van der Waals surface area contributed by atoms with Crippen LogP contribution in [0, 0.1) is 0 Å². The van der Waals surface area contributed by atoms with E-state index in [1.807, 2.05) is 0 Å². The summed E-state index contributed by atoms with van der Waals surface area (Å²) in [5.74, 6) is 0.